The van der Waals surface area contributed by atoms with Gasteiger partial charge < -0.3 is 9.88 Å². The molecule has 3 nitrogen and oxygen atoms in total. The number of aryl methyl sites for hydroxylation is 1. The van der Waals surface area contributed by atoms with Gasteiger partial charge in [-0.05, 0) is 32.3 Å². The number of imidazole rings is 1. The molecule has 0 aliphatic heterocycles. The molecular weight excluding hydrogens is 194 g/mol. The van der Waals surface area contributed by atoms with E-state index in [0.717, 1.165) is 12.5 Å². The standard InChI is InChI=1S/C10H19N3S/c1-9(2)12-10-11-5-7-13(10)6-4-8-14-3/h5,7,9H,4,6,8H2,1-3H3,(H,11,12). The van der Waals surface area contributed by atoms with Gasteiger partial charge in [-0.1, -0.05) is 0 Å². The zero-order valence-electron chi connectivity index (χ0n) is 9.16. The maximum absolute atomic E-state index is 4.28. The number of nitrogens with zero attached hydrogens (tertiary/aromatic N) is 2. The van der Waals surface area contributed by atoms with Gasteiger partial charge in [-0.3, -0.25) is 0 Å². The highest BCUT2D eigenvalue weighted by Crippen LogP contribution is 2.08. The van der Waals surface area contributed by atoms with Gasteiger partial charge in [0.2, 0.25) is 5.95 Å². The summed E-state index contributed by atoms with van der Waals surface area (Å²) in [4.78, 5) is 4.28. The van der Waals surface area contributed by atoms with Crippen molar-refractivity contribution >= 4 is 17.7 Å². The Bertz CT molecular complexity index is 258. The van der Waals surface area contributed by atoms with Crippen LogP contribution in [-0.4, -0.2) is 27.6 Å². The van der Waals surface area contributed by atoms with Crippen LogP contribution in [0.4, 0.5) is 5.95 Å². The maximum atomic E-state index is 4.28. The minimum absolute atomic E-state index is 0.441. The van der Waals surface area contributed by atoms with E-state index in [1.807, 2.05) is 24.2 Å². The van der Waals surface area contributed by atoms with Crippen LogP contribution in [0.25, 0.3) is 0 Å². The van der Waals surface area contributed by atoms with Gasteiger partial charge in [0.05, 0.1) is 0 Å². The van der Waals surface area contributed by atoms with Gasteiger partial charge in [0.1, 0.15) is 0 Å². The zero-order valence-corrected chi connectivity index (χ0v) is 9.97. The van der Waals surface area contributed by atoms with Gasteiger partial charge >= 0.3 is 0 Å². The molecule has 1 aromatic rings. The molecular formula is C10H19N3S. The van der Waals surface area contributed by atoms with Crippen molar-refractivity contribution in [3.63, 3.8) is 0 Å². The van der Waals surface area contributed by atoms with Crippen LogP contribution in [0.1, 0.15) is 20.3 Å². The van der Waals surface area contributed by atoms with Gasteiger partial charge in [0, 0.05) is 25.0 Å². The molecule has 80 valence electrons. The summed E-state index contributed by atoms with van der Waals surface area (Å²) in [7, 11) is 0. The minimum atomic E-state index is 0.441. The third-order valence-corrected chi connectivity index (χ3v) is 2.58. The summed E-state index contributed by atoms with van der Waals surface area (Å²) in [5.41, 5.74) is 0. The van der Waals surface area contributed by atoms with E-state index in [9.17, 15) is 0 Å². The molecule has 0 atom stereocenters. The molecule has 0 radical (unpaired) electrons. The van der Waals surface area contributed by atoms with Crippen LogP contribution in [0.2, 0.25) is 0 Å². The van der Waals surface area contributed by atoms with Crippen LogP contribution < -0.4 is 5.32 Å². The fraction of sp³-hybridized carbons (Fsp3) is 0.700. The van der Waals surface area contributed by atoms with Crippen molar-refractivity contribution in [3.8, 4) is 0 Å². The average molecular weight is 213 g/mol. The van der Waals surface area contributed by atoms with Crippen LogP contribution in [0.5, 0.6) is 0 Å². The third-order valence-electron chi connectivity index (χ3n) is 1.88. The van der Waals surface area contributed by atoms with Crippen LogP contribution in [0.3, 0.4) is 0 Å². The number of aromatic nitrogens is 2. The second-order valence-corrected chi connectivity index (χ2v) is 4.58. The molecule has 4 heteroatoms. The summed E-state index contributed by atoms with van der Waals surface area (Å²) in [6, 6.07) is 0.441. The van der Waals surface area contributed by atoms with E-state index in [4.69, 9.17) is 0 Å². The molecule has 0 bridgehead atoms. The number of anilines is 1. The normalized spacial score (nSPS) is 10.9. The maximum Gasteiger partial charge on any atom is 0.202 e. The first kappa shape index (κ1) is 11.4. The van der Waals surface area contributed by atoms with Gasteiger partial charge in [0.15, 0.2) is 0 Å². The predicted octanol–water partition coefficient (Wildman–Crippen LogP) is 2.46. The zero-order chi connectivity index (χ0) is 10.4. The second kappa shape index (κ2) is 5.96. The van der Waals surface area contributed by atoms with Gasteiger partial charge in [-0.25, -0.2) is 4.98 Å². The molecule has 1 heterocycles. The Morgan fingerprint density at radius 2 is 2.36 bits per heavy atom. The Kier molecular flexibility index (Phi) is 4.87. The summed E-state index contributed by atoms with van der Waals surface area (Å²) >= 11 is 1.89. The topological polar surface area (TPSA) is 29.9 Å². The highest BCUT2D eigenvalue weighted by Gasteiger charge is 2.02. The summed E-state index contributed by atoms with van der Waals surface area (Å²) < 4.78 is 2.18. The van der Waals surface area contributed by atoms with Gasteiger partial charge in [-0.15, -0.1) is 0 Å². The van der Waals surface area contributed by atoms with E-state index in [0.29, 0.717) is 6.04 Å². The Labute approximate surface area is 90.3 Å². The molecule has 14 heavy (non-hydrogen) atoms. The summed E-state index contributed by atoms with van der Waals surface area (Å²) in [5.74, 6) is 2.19. The van der Waals surface area contributed by atoms with Crippen molar-refractivity contribution in [2.75, 3.05) is 17.3 Å². The largest absolute Gasteiger partial charge is 0.353 e. The highest BCUT2D eigenvalue weighted by atomic mass is 32.2. The van der Waals surface area contributed by atoms with Gasteiger partial charge in [-0.2, -0.15) is 11.8 Å². The van der Waals surface area contributed by atoms with Gasteiger partial charge in [0.25, 0.3) is 0 Å². The second-order valence-electron chi connectivity index (χ2n) is 3.59. The number of nitrogens with one attached hydrogen (secondary N) is 1. The smallest absolute Gasteiger partial charge is 0.202 e. The lowest BCUT2D eigenvalue weighted by Gasteiger charge is -2.11. The van der Waals surface area contributed by atoms with Crippen LogP contribution in [0, 0.1) is 0 Å². The Morgan fingerprint density at radius 1 is 1.57 bits per heavy atom. The molecule has 0 spiro atoms. The van der Waals surface area contributed by atoms with Crippen molar-refractivity contribution in [1.82, 2.24) is 9.55 Å². The fourth-order valence-electron chi connectivity index (χ4n) is 1.27. The lowest BCUT2D eigenvalue weighted by molar-refractivity contribution is 0.680. The molecule has 1 N–H and O–H groups in total. The van der Waals surface area contributed by atoms with E-state index in [-0.39, 0.29) is 0 Å². The van der Waals surface area contributed by atoms with E-state index in [1.54, 1.807) is 0 Å². The number of rotatable bonds is 6. The molecule has 0 unspecified atom stereocenters. The van der Waals surface area contributed by atoms with Crippen LogP contribution >= 0.6 is 11.8 Å². The third kappa shape index (κ3) is 3.62. The SMILES string of the molecule is CSCCCn1ccnc1NC(C)C. The molecule has 0 amide bonds. The molecule has 1 aromatic heterocycles. The van der Waals surface area contributed by atoms with Crippen molar-refractivity contribution in [2.45, 2.75) is 32.9 Å². The Hall–Kier alpha value is -0.640. The Balaban J connectivity index is 2.45. The molecule has 0 aliphatic rings. The predicted molar refractivity (Wildman–Crippen MR) is 64.0 cm³/mol. The van der Waals surface area contributed by atoms with Crippen molar-refractivity contribution in [1.29, 1.82) is 0 Å². The van der Waals surface area contributed by atoms with E-state index >= 15 is 0 Å². The number of hydrogen-bond acceptors (Lipinski definition) is 3. The van der Waals surface area contributed by atoms with Crippen molar-refractivity contribution < 1.29 is 0 Å². The number of thioether (sulfide) groups is 1. The molecule has 0 saturated carbocycles. The first-order valence-corrected chi connectivity index (χ1v) is 6.40. The molecule has 0 fully saturated rings. The molecule has 0 saturated heterocycles. The molecule has 1 rings (SSSR count). The summed E-state index contributed by atoms with van der Waals surface area (Å²) in [5, 5.41) is 3.33. The monoisotopic (exact) mass is 213 g/mol. The van der Waals surface area contributed by atoms with Crippen LogP contribution in [0.15, 0.2) is 12.4 Å². The molecule has 0 aliphatic carbocycles. The lowest BCUT2D eigenvalue weighted by Crippen LogP contribution is -2.14. The highest BCUT2D eigenvalue weighted by molar-refractivity contribution is 7.98. The summed E-state index contributed by atoms with van der Waals surface area (Å²) in [6.45, 7) is 5.30. The lowest BCUT2D eigenvalue weighted by atomic mass is 10.4. The van der Waals surface area contributed by atoms with Crippen molar-refractivity contribution in [2.24, 2.45) is 0 Å². The average Bonchev–Trinajstić information content (AvgIpc) is 2.52. The summed E-state index contributed by atoms with van der Waals surface area (Å²) in [6.07, 6.45) is 7.22. The quantitative estimate of drug-likeness (QED) is 0.736. The first-order chi connectivity index (χ1) is 6.74. The van der Waals surface area contributed by atoms with Crippen molar-refractivity contribution in [3.05, 3.63) is 12.4 Å². The Morgan fingerprint density at radius 3 is 3.00 bits per heavy atom. The van der Waals surface area contributed by atoms with E-state index in [1.165, 1.54) is 12.2 Å². The minimum Gasteiger partial charge on any atom is -0.353 e. The first-order valence-electron chi connectivity index (χ1n) is 5.00. The van der Waals surface area contributed by atoms with E-state index < -0.39 is 0 Å². The van der Waals surface area contributed by atoms with Crippen LogP contribution in [-0.2, 0) is 6.54 Å². The van der Waals surface area contributed by atoms with E-state index in [2.05, 4.69) is 35.0 Å². The fourth-order valence-corrected chi connectivity index (χ4v) is 1.68. The molecule has 0 aromatic carbocycles. The number of hydrogen-bond donors (Lipinski definition) is 1.